The van der Waals surface area contributed by atoms with E-state index in [1.807, 2.05) is 37.4 Å². The molecular weight excluding hydrogens is 468 g/mol. The second-order valence-electron chi connectivity index (χ2n) is 9.02. The molecule has 35 heavy (non-hydrogen) atoms. The van der Waals surface area contributed by atoms with Crippen LogP contribution in [-0.2, 0) is 14.8 Å². The number of carbonyl (C=O) groups is 1. The van der Waals surface area contributed by atoms with E-state index >= 15 is 0 Å². The Balaban J connectivity index is 1.38. The van der Waals surface area contributed by atoms with E-state index in [4.69, 9.17) is 9.72 Å². The largest absolute Gasteiger partial charge is 0.442 e. The number of aromatic nitrogens is 3. The van der Waals surface area contributed by atoms with Gasteiger partial charge in [-0.15, -0.1) is 0 Å². The zero-order valence-electron chi connectivity index (χ0n) is 19.8. The number of amides is 1. The lowest BCUT2D eigenvalue weighted by molar-refractivity contribution is -0.119. The molecule has 0 radical (unpaired) electrons. The van der Waals surface area contributed by atoms with E-state index in [9.17, 15) is 13.2 Å². The molecule has 0 bridgehead atoms. The van der Waals surface area contributed by atoms with Crippen LogP contribution >= 0.6 is 0 Å². The molecule has 184 valence electrons. The number of aryl methyl sites for hydroxylation is 1. The van der Waals surface area contributed by atoms with Crippen molar-refractivity contribution in [3.63, 3.8) is 0 Å². The first-order valence-corrected chi connectivity index (χ1v) is 13.3. The molecule has 3 aromatic rings. The molecule has 5 rings (SSSR count). The van der Waals surface area contributed by atoms with Crippen molar-refractivity contribution in [2.45, 2.75) is 13.3 Å². The van der Waals surface area contributed by atoms with Crippen LogP contribution in [0.1, 0.15) is 12.0 Å². The summed E-state index contributed by atoms with van der Waals surface area (Å²) >= 11 is 0. The van der Waals surface area contributed by atoms with Crippen molar-refractivity contribution in [1.29, 1.82) is 0 Å². The van der Waals surface area contributed by atoms with Gasteiger partial charge in [0.2, 0.25) is 21.8 Å². The smallest absolute Gasteiger partial charge is 0.246 e. The average molecular weight is 497 g/mol. The van der Waals surface area contributed by atoms with Crippen molar-refractivity contribution in [3.05, 3.63) is 54.6 Å². The number of rotatable bonds is 6. The van der Waals surface area contributed by atoms with E-state index in [0.717, 1.165) is 22.3 Å². The third-order valence-electron chi connectivity index (χ3n) is 6.54. The molecule has 2 aliphatic heterocycles. The van der Waals surface area contributed by atoms with Gasteiger partial charge >= 0.3 is 0 Å². The Morgan fingerprint density at radius 2 is 1.89 bits per heavy atom. The van der Waals surface area contributed by atoms with Crippen LogP contribution in [0.25, 0.3) is 16.8 Å². The van der Waals surface area contributed by atoms with Crippen LogP contribution in [0.3, 0.4) is 0 Å². The summed E-state index contributed by atoms with van der Waals surface area (Å²) in [4.78, 5) is 18.6. The van der Waals surface area contributed by atoms with Crippen molar-refractivity contribution in [2.75, 3.05) is 43.9 Å². The first-order valence-electron chi connectivity index (χ1n) is 11.5. The highest BCUT2D eigenvalue weighted by Gasteiger charge is 2.27. The third-order valence-corrected chi connectivity index (χ3v) is 7.85. The lowest BCUT2D eigenvalue weighted by Crippen LogP contribution is -2.48. The second kappa shape index (κ2) is 8.97. The number of anilines is 1. The normalized spacial score (nSPS) is 19.2. The number of fused-ring (bicyclic) bond motifs is 1. The fourth-order valence-corrected chi connectivity index (χ4v) is 5.32. The number of ether oxygens (including phenoxy) is 1. The van der Waals surface area contributed by atoms with Gasteiger partial charge in [-0.1, -0.05) is 18.7 Å². The summed E-state index contributed by atoms with van der Waals surface area (Å²) in [6.45, 7) is 8.73. The number of hydrogen-bond donors (Lipinski definition) is 1. The van der Waals surface area contributed by atoms with E-state index in [1.165, 1.54) is 10.6 Å². The van der Waals surface area contributed by atoms with Gasteiger partial charge in [0, 0.05) is 61.9 Å². The summed E-state index contributed by atoms with van der Waals surface area (Å²) in [6, 6.07) is 8.00. The summed E-state index contributed by atoms with van der Waals surface area (Å²) in [6.07, 6.45) is 5.22. The predicted molar refractivity (Wildman–Crippen MR) is 133 cm³/mol. The van der Waals surface area contributed by atoms with Gasteiger partial charge in [0.15, 0.2) is 0 Å². The molecule has 1 aromatic carbocycles. The lowest BCUT2D eigenvalue weighted by Gasteiger charge is -2.34. The molecular formula is C24H28N6O4S. The molecule has 4 heterocycles. The van der Waals surface area contributed by atoms with Crippen molar-refractivity contribution in [2.24, 2.45) is 5.92 Å². The molecule has 1 amide bonds. The number of nitrogens with one attached hydrogen (secondary N) is 1. The van der Waals surface area contributed by atoms with Gasteiger partial charge in [-0.05, 0) is 19.1 Å². The molecule has 10 nitrogen and oxygen atoms in total. The molecule has 0 spiro atoms. The molecule has 0 saturated carbocycles. The molecule has 2 aromatic heterocycles. The van der Waals surface area contributed by atoms with Gasteiger partial charge in [-0.3, -0.25) is 4.79 Å². The topological polar surface area (TPSA) is 109 Å². The maximum atomic E-state index is 11.8. The van der Waals surface area contributed by atoms with Crippen molar-refractivity contribution in [3.8, 4) is 17.1 Å². The Morgan fingerprint density at radius 1 is 1.17 bits per heavy atom. The van der Waals surface area contributed by atoms with Crippen LogP contribution in [0.15, 0.2) is 49.0 Å². The van der Waals surface area contributed by atoms with Crippen molar-refractivity contribution >= 4 is 27.1 Å². The van der Waals surface area contributed by atoms with Crippen LogP contribution in [-0.4, -0.2) is 72.2 Å². The Hall–Kier alpha value is -3.44. The maximum Gasteiger partial charge on any atom is 0.246 e. The number of carbonyl (C=O) groups excluding carboxylic acids is 1. The van der Waals surface area contributed by atoms with Gasteiger partial charge in [-0.2, -0.15) is 9.40 Å². The van der Waals surface area contributed by atoms with Gasteiger partial charge in [0.05, 0.1) is 24.3 Å². The Kier molecular flexibility index (Phi) is 5.97. The molecule has 1 N–H and O–H groups in total. The average Bonchev–Trinajstić information content (AvgIpc) is 3.44. The predicted octanol–water partition coefficient (Wildman–Crippen LogP) is 1.81. The number of piperazine rings is 1. The number of hydrogen-bond acceptors (Lipinski definition) is 7. The van der Waals surface area contributed by atoms with Crippen molar-refractivity contribution in [1.82, 2.24) is 24.2 Å². The van der Waals surface area contributed by atoms with Gasteiger partial charge in [0.1, 0.15) is 11.3 Å². The summed E-state index contributed by atoms with van der Waals surface area (Å²) in [5, 5.41) is 7.24. The number of nitrogens with zero attached hydrogens (tertiary/aromatic N) is 5. The summed E-state index contributed by atoms with van der Waals surface area (Å²) in [7, 11) is -3.16. The monoisotopic (exact) mass is 496 g/mol. The highest BCUT2D eigenvalue weighted by atomic mass is 32.2. The van der Waals surface area contributed by atoms with Crippen LogP contribution in [0, 0.1) is 12.8 Å². The number of sulfonamides is 1. The zero-order valence-corrected chi connectivity index (χ0v) is 20.6. The fraction of sp³-hybridized carbons (Fsp3) is 0.375. The second-order valence-corrected chi connectivity index (χ2v) is 11.0. The van der Waals surface area contributed by atoms with Crippen LogP contribution in [0.4, 0.5) is 5.69 Å². The first-order chi connectivity index (χ1) is 16.7. The van der Waals surface area contributed by atoms with Gasteiger partial charge in [-0.25, -0.2) is 17.9 Å². The third kappa shape index (κ3) is 4.73. The molecule has 0 aliphatic carbocycles. The summed E-state index contributed by atoms with van der Waals surface area (Å²) < 4.78 is 32.9. The minimum atomic E-state index is -3.16. The number of benzene rings is 1. The summed E-state index contributed by atoms with van der Waals surface area (Å²) in [5.74, 6) is 0.797. The van der Waals surface area contributed by atoms with Crippen LogP contribution in [0.2, 0.25) is 0 Å². The van der Waals surface area contributed by atoms with Crippen LogP contribution < -0.4 is 15.0 Å². The van der Waals surface area contributed by atoms with Crippen LogP contribution in [0.5, 0.6) is 5.88 Å². The first kappa shape index (κ1) is 23.3. The Morgan fingerprint density at radius 3 is 2.51 bits per heavy atom. The summed E-state index contributed by atoms with van der Waals surface area (Å²) in [5.41, 5.74) is 4.30. The Labute approximate surface area is 204 Å². The van der Waals surface area contributed by atoms with E-state index in [-0.39, 0.29) is 11.8 Å². The molecule has 1 atom stereocenters. The molecule has 2 saturated heterocycles. The van der Waals surface area contributed by atoms with E-state index in [1.54, 1.807) is 10.7 Å². The molecule has 11 heteroatoms. The standard InChI is InChI=1S/C24H28N6O4S/c1-16-13-26-30-15-21(27-24(23(16)30)34-17(2)19-12-22(31)25-14-19)18-4-6-20(7-5-18)28-8-10-29(11-9-28)35(3,32)33/h4-7,13,15,19H,2,8-12,14H2,1,3H3,(H,25,31)/t19-/m1/s1. The highest BCUT2D eigenvalue weighted by molar-refractivity contribution is 7.88. The minimum absolute atomic E-state index is 0.00929. The maximum absolute atomic E-state index is 11.8. The Bertz CT molecular complexity index is 1390. The van der Waals surface area contributed by atoms with E-state index in [0.29, 0.717) is 56.5 Å². The molecule has 2 aliphatic rings. The lowest BCUT2D eigenvalue weighted by atomic mass is 10.1. The molecule has 0 unspecified atom stereocenters. The fourth-order valence-electron chi connectivity index (χ4n) is 4.49. The minimum Gasteiger partial charge on any atom is -0.442 e. The highest BCUT2D eigenvalue weighted by Crippen LogP contribution is 2.30. The van der Waals surface area contributed by atoms with Gasteiger partial charge < -0.3 is 15.0 Å². The van der Waals surface area contributed by atoms with Gasteiger partial charge in [0.25, 0.3) is 0 Å². The van der Waals surface area contributed by atoms with E-state index in [2.05, 4.69) is 21.9 Å². The SMILES string of the molecule is C=C(Oc1nc(-c2ccc(N3CCN(S(C)(=O)=O)CC3)cc2)cn2ncc(C)c12)[C@H]1CNC(=O)C1. The van der Waals surface area contributed by atoms with E-state index < -0.39 is 10.0 Å². The zero-order chi connectivity index (χ0) is 24.7. The quantitative estimate of drug-likeness (QED) is 0.519. The van der Waals surface area contributed by atoms with Crippen molar-refractivity contribution < 1.29 is 17.9 Å². The molecule has 2 fully saturated rings.